The first-order valence-corrected chi connectivity index (χ1v) is 6.20. The van der Waals surface area contributed by atoms with E-state index in [-0.39, 0.29) is 0 Å². The summed E-state index contributed by atoms with van der Waals surface area (Å²) < 4.78 is 0. The highest BCUT2D eigenvalue weighted by atomic mass is 16.1. The Labute approximate surface area is 103 Å². The Balaban J connectivity index is 3.51. The molecule has 1 rings (SSSR count). The quantitative estimate of drug-likeness (QED) is 0.481. The maximum Gasteiger partial charge on any atom is 0.240 e. The molecule has 0 unspecified atom stereocenters. The third-order valence-electron chi connectivity index (χ3n) is 3.02. The van der Waals surface area contributed by atoms with Gasteiger partial charge in [0.25, 0.3) is 0 Å². The van der Waals surface area contributed by atoms with Gasteiger partial charge in [0.2, 0.25) is 6.08 Å². The van der Waals surface area contributed by atoms with Crippen molar-refractivity contribution in [3.63, 3.8) is 0 Å². The molecule has 0 saturated carbocycles. The molecule has 0 atom stereocenters. The lowest BCUT2D eigenvalue weighted by Gasteiger charge is -2.15. The zero-order valence-electron chi connectivity index (χ0n) is 10.8. The van der Waals surface area contributed by atoms with Gasteiger partial charge < -0.3 is 5.73 Å². The van der Waals surface area contributed by atoms with Gasteiger partial charge in [-0.1, -0.05) is 33.3 Å². The van der Waals surface area contributed by atoms with Crippen LogP contribution in [0, 0.1) is 0 Å². The van der Waals surface area contributed by atoms with Crippen molar-refractivity contribution in [2.45, 2.75) is 46.5 Å². The molecule has 0 aliphatic carbocycles. The first kappa shape index (κ1) is 13.5. The first-order chi connectivity index (χ1) is 8.19. The van der Waals surface area contributed by atoms with Crippen molar-refractivity contribution in [3.05, 3.63) is 22.8 Å². The van der Waals surface area contributed by atoms with Crippen LogP contribution >= 0.6 is 0 Å². The van der Waals surface area contributed by atoms with E-state index in [9.17, 15) is 4.79 Å². The van der Waals surface area contributed by atoms with Crippen molar-refractivity contribution in [2.75, 3.05) is 5.73 Å². The van der Waals surface area contributed by atoms with Gasteiger partial charge in [-0.15, -0.1) is 0 Å². The first-order valence-electron chi connectivity index (χ1n) is 6.20. The SMILES string of the molecule is CCCc1cc(CC)c(N)c(CC)c1N=C=O. The molecule has 0 heterocycles. The molecular formula is C14H20N2O. The monoisotopic (exact) mass is 232 g/mol. The van der Waals surface area contributed by atoms with E-state index in [1.165, 1.54) is 0 Å². The molecular weight excluding hydrogens is 212 g/mol. The van der Waals surface area contributed by atoms with E-state index < -0.39 is 0 Å². The average Bonchev–Trinajstić information content (AvgIpc) is 2.33. The smallest absolute Gasteiger partial charge is 0.240 e. The van der Waals surface area contributed by atoms with Gasteiger partial charge in [0.05, 0.1) is 5.69 Å². The predicted molar refractivity (Wildman–Crippen MR) is 71.4 cm³/mol. The van der Waals surface area contributed by atoms with E-state index in [0.29, 0.717) is 0 Å². The molecule has 1 aromatic carbocycles. The zero-order valence-corrected chi connectivity index (χ0v) is 10.8. The van der Waals surface area contributed by atoms with E-state index in [4.69, 9.17) is 5.73 Å². The Morgan fingerprint density at radius 2 is 1.94 bits per heavy atom. The Hall–Kier alpha value is -1.60. The van der Waals surface area contributed by atoms with E-state index >= 15 is 0 Å². The van der Waals surface area contributed by atoms with Gasteiger partial charge in [-0.3, -0.25) is 0 Å². The zero-order chi connectivity index (χ0) is 12.8. The van der Waals surface area contributed by atoms with Crippen molar-refractivity contribution >= 4 is 17.5 Å². The van der Waals surface area contributed by atoms with Crippen molar-refractivity contribution in [1.29, 1.82) is 0 Å². The number of nitrogens with zero attached hydrogens (tertiary/aromatic N) is 1. The fraction of sp³-hybridized carbons (Fsp3) is 0.500. The van der Waals surface area contributed by atoms with Gasteiger partial charge >= 0.3 is 0 Å². The summed E-state index contributed by atoms with van der Waals surface area (Å²) in [6.07, 6.45) is 5.28. The minimum Gasteiger partial charge on any atom is -0.398 e. The summed E-state index contributed by atoms with van der Waals surface area (Å²) in [5.41, 5.74) is 10.9. The molecule has 0 aliphatic rings. The van der Waals surface area contributed by atoms with Crippen LogP contribution in [0.1, 0.15) is 43.9 Å². The normalized spacial score (nSPS) is 10.1. The van der Waals surface area contributed by atoms with Crippen LogP contribution in [-0.4, -0.2) is 6.08 Å². The van der Waals surface area contributed by atoms with Gasteiger partial charge in [-0.25, -0.2) is 4.79 Å². The number of carbonyl (C=O) groups excluding carboxylic acids is 1. The highest BCUT2D eigenvalue weighted by molar-refractivity contribution is 5.70. The third-order valence-corrected chi connectivity index (χ3v) is 3.02. The molecule has 0 aliphatic heterocycles. The summed E-state index contributed by atoms with van der Waals surface area (Å²) >= 11 is 0. The Morgan fingerprint density at radius 1 is 1.24 bits per heavy atom. The topological polar surface area (TPSA) is 55.4 Å². The maximum absolute atomic E-state index is 10.5. The van der Waals surface area contributed by atoms with Crippen molar-refractivity contribution < 1.29 is 4.79 Å². The summed E-state index contributed by atoms with van der Waals surface area (Å²) in [6.45, 7) is 6.23. The summed E-state index contributed by atoms with van der Waals surface area (Å²) in [4.78, 5) is 14.4. The van der Waals surface area contributed by atoms with Crippen LogP contribution in [0.25, 0.3) is 0 Å². The summed E-state index contributed by atoms with van der Waals surface area (Å²) in [6, 6.07) is 2.08. The van der Waals surface area contributed by atoms with Crippen LogP contribution in [0.15, 0.2) is 11.1 Å². The fourth-order valence-electron chi connectivity index (χ4n) is 2.17. The largest absolute Gasteiger partial charge is 0.398 e. The van der Waals surface area contributed by atoms with Crippen molar-refractivity contribution in [2.24, 2.45) is 4.99 Å². The van der Waals surface area contributed by atoms with Gasteiger partial charge in [0, 0.05) is 11.3 Å². The molecule has 0 radical (unpaired) electrons. The number of nitrogen functional groups attached to an aromatic ring is 1. The summed E-state index contributed by atoms with van der Waals surface area (Å²) in [5, 5.41) is 0. The van der Waals surface area contributed by atoms with Gasteiger partial charge in [0.1, 0.15) is 0 Å². The molecule has 3 heteroatoms. The number of benzene rings is 1. The molecule has 0 fully saturated rings. The number of aryl methyl sites for hydroxylation is 2. The number of aliphatic imine (C=N–C) groups is 1. The molecule has 0 aromatic heterocycles. The lowest BCUT2D eigenvalue weighted by Crippen LogP contribution is -2.02. The second-order valence-electron chi connectivity index (χ2n) is 4.10. The second-order valence-corrected chi connectivity index (χ2v) is 4.10. The van der Waals surface area contributed by atoms with E-state index in [0.717, 1.165) is 53.7 Å². The molecule has 0 amide bonds. The predicted octanol–water partition coefficient (Wildman–Crippen LogP) is 3.31. The molecule has 92 valence electrons. The summed E-state index contributed by atoms with van der Waals surface area (Å²) in [5.74, 6) is 0. The van der Waals surface area contributed by atoms with E-state index in [1.807, 2.05) is 6.92 Å². The second kappa shape index (κ2) is 6.21. The van der Waals surface area contributed by atoms with Crippen molar-refractivity contribution in [1.82, 2.24) is 0 Å². The highest BCUT2D eigenvalue weighted by Crippen LogP contribution is 2.33. The average molecular weight is 232 g/mol. The van der Waals surface area contributed by atoms with Crippen LogP contribution in [-0.2, 0) is 24.1 Å². The molecule has 0 saturated heterocycles. The number of isocyanates is 1. The lowest BCUT2D eigenvalue weighted by atomic mass is 9.95. The number of hydrogen-bond acceptors (Lipinski definition) is 3. The molecule has 0 bridgehead atoms. The highest BCUT2D eigenvalue weighted by Gasteiger charge is 2.13. The van der Waals surface area contributed by atoms with Gasteiger partial charge in [-0.05, 0) is 30.4 Å². The molecule has 2 N–H and O–H groups in total. The van der Waals surface area contributed by atoms with Crippen LogP contribution in [0.3, 0.4) is 0 Å². The maximum atomic E-state index is 10.5. The fourth-order valence-corrected chi connectivity index (χ4v) is 2.17. The number of nitrogens with two attached hydrogens (primary N) is 1. The Kier molecular flexibility index (Phi) is 4.92. The van der Waals surface area contributed by atoms with Crippen LogP contribution in [0.4, 0.5) is 11.4 Å². The van der Waals surface area contributed by atoms with Gasteiger partial charge in [-0.2, -0.15) is 4.99 Å². The molecule has 0 spiro atoms. The van der Waals surface area contributed by atoms with Crippen molar-refractivity contribution in [3.8, 4) is 0 Å². The van der Waals surface area contributed by atoms with Crippen LogP contribution in [0.2, 0.25) is 0 Å². The third kappa shape index (κ3) is 2.75. The Morgan fingerprint density at radius 3 is 2.41 bits per heavy atom. The minimum atomic E-state index is 0.735. The number of rotatable bonds is 5. The summed E-state index contributed by atoms with van der Waals surface area (Å²) in [7, 11) is 0. The molecule has 1 aromatic rings. The number of hydrogen-bond donors (Lipinski definition) is 1. The van der Waals surface area contributed by atoms with E-state index in [1.54, 1.807) is 6.08 Å². The van der Waals surface area contributed by atoms with Gasteiger partial charge in [0.15, 0.2) is 0 Å². The van der Waals surface area contributed by atoms with Crippen LogP contribution in [0.5, 0.6) is 0 Å². The van der Waals surface area contributed by atoms with E-state index in [2.05, 4.69) is 24.9 Å². The standard InChI is InChI=1S/C14H20N2O/c1-4-7-11-8-10(5-2)13(15)12(6-3)14(11)16-9-17/h8H,4-7,15H2,1-3H3. The van der Waals surface area contributed by atoms with Crippen LogP contribution < -0.4 is 5.73 Å². The minimum absolute atomic E-state index is 0.735. The Bertz CT molecular complexity index is 446. The lowest BCUT2D eigenvalue weighted by molar-refractivity contribution is 0.565. The molecule has 17 heavy (non-hydrogen) atoms. The number of anilines is 1. The molecule has 3 nitrogen and oxygen atoms in total.